The van der Waals surface area contributed by atoms with Gasteiger partial charge in [0.25, 0.3) is 0 Å². The Hall–Kier alpha value is -1.17. The highest BCUT2D eigenvalue weighted by molar-refractivity contribution is 14.0. The van der Waals surface area contributed by atoms with Gasteiger partial charge >= 0.3 is 0 Å². The first-order chi connectivity index (χ1) is 13.0. The number of nitrogens with one attached hydrogen (secondary N) is 3. The van der Waals surface area contributed by atoms with Gasteiger partial charge in [-0.1, -0.05) is 31.2 Å². The van der Waals surface area contributed by atoms with Crippen LogP contribution >= 0.6 is 35.3 Å². The van der Waals surface area contributed by atoms with Crippen molar-refractivity contribution in [3.63, 3.8) is 0 Å². The van der Waals surface area contributed by atoms with Gasteiger partial charge in [0.15, 0.2) is 5.96 Å². The Kier molecular flexibility index (Phi) is 11.0. The number of hydrogen-bond acceptors (Lipinski definition) is 4. The minimum atomic E-state index is -3.25. The number of aliphatic imine (C=N–C) groups is 1. The molecule has 156 valence electrons. The zero-order valence-corrected chi connectivity index (χ0v) is 20.5. The van der Waals surface area contributed by atoms with Crippen molar-refractivity contribution in [1.29, 1.82) is 0 Å². The Bertz CT molecular complexity index is 849. The average molecular weight is 537 g/mol. The number of rotatable bonds is 9. The molecule has 0 bridgehead atoms. The third kappa shape index (κ3) is 8.46. The van der Waals surface area contributed by atoms with Crippen molar-refractivity contribution in [2.45, 2.75) is 39.1 Å². The van der Waals surface area contributed by atoms with Crippen molar-refractivity contribution in [2.75, 3.05) is 13.6 Å². The standard InChI is InChI=1S/C19H28N4O2S2.HI/c1-4-17-10-11-18(26-17)13-23-19(21-5-2)22-12-15-6-8-16(9-7-15)14-27(24,25)20-3;/h6-11,20H,4-5,12-14H2,1-3H3,(H2,21,22,23);1H. The fourth-order valence-corrected chi connectivity index (χ4v) is 4.10. The van der Waals surface area contributed by atoms with E-state index in [9.17, 15) is 8.42 Å². The molecule has 1 aromatic heterocycles. The molecule has 0 saturated heterocycles. The Morgan fingerprint density at radius 1 is 1.00 bits per heavy atom. The number of thiophene rings is 1. The summed E-state index contributed by atoms with van der Waals surface area (Å²) in [5.41, 5.74) is 1.79. The van der Waals surface area contributed by atoms with Crippen molar-refractivity contribution in [2.24, 2.45) is 4.99 Å². The van der Waals surface area contributed by atoms with Gasteiger partial charge in [-0.2, -0.15) is 0 Å². The number of halogens is 1. The van der Waals surface area contributed by atoms with E-state index in [0.717, 1.165) is 36.6 Å². The summed E-state index contributed by atoms with van der Waals surface area (Å²) >= 11 is 1.82. The Labute approximate surface area is 189 Å². The molecule has 3 N–H and O–H groups in total. The lowest BCUT2D eigenvalue weighted by Gasteiger charge is -2.10. The molecule has 6 nitrogen and oxygen atoms in total. The molecule has 0 atom stereocenters. The average Bonchev–Trinajstić information content (AvgIpc) is 3.13. The first kappa shape index (κ1) is 24.9. The van der Waals surface area contributed by atoms with Crippen molar-refractivity contribution < 1.29 is 8.42 Å². The number of sulfonamides is 1. The highest BCUT2D eigenvalue weighted by atomic mass is 127. The van der Waals surface area contributed by atoms with Crippen LogP contribution in [0.3, 0.4) is 0 Å². The van der Waals surface area contributed by atoms with Gasteiger partial charge in [0.05, 0.1) is 18.8 Å². The summed E-state index contributed by atoms with van der Waals surface area (Å²) in [4.78, 5) is 7.28. The van der Waals surface area contributed by atoms with Gasteiger partial charge < -0.3 is 10.6 Å². The maximum Gasteiger partial charge on any atom is 0.215 e. The van der Waals surface area contributed by atoms with Crippen molar-refractivity contribution in [3.05, 3.63) is 57.3 Å². The van der Waals surface area contributed by atoms with Crippen molar-refractivity contribution in [3.8, 4) is 0 Å². The van der Waals surface area contributed by atoms with Crippen LogP contribution in [-0.4, -0.2) is 28.0 Å². The molecular formula is C19H29IN4O2S2. The first-order valence-corrected chi connectivity index (χ1v) is 11.5. The minimum absolute atomic E-state index is 0. The van der Waals surface area contributed by atoms with Crippen LogP contribution in [0.5, 0.6) is 0 Å². The SMILES string of the molecule is CCNC(=NCc1ccc(CS(=O)(=O)NC)cc1)NCc1ccc(CC)s1.I. The molecule has 0 fully saturated rings. The number of hydrogen-bond donors (Lipinski definition) is 3. The molecule has 0 amide bonds. The second kappa shape index (κ2) is 12.4. The molecule has 0 spiro atoms. The van der Waals surface area contributed by atoms with Crippen LogP contribution in [0.2, 0.25) is 0 Å². The van der Waals surface area contributed by atoms with Gasteiger partial charge in [-0.3, -0.25) is 0 Å². The van der Waals surface area contributed by atoms with E-state index in [4.69, 9.17) is 0 Å². The Morgan fingerprint density at radius 3 is 2.21 bits per heavy atom. The van der Waals surface area contributed by atoms with Crippen molar-refractivity contribution in [1.82, 2.24) is 15.4 Å². The molecule has 0 radical (unpaired) electrons. The van der Waals surface area contributed by atoms with Gasteiger partial charge in [-0.15, -0.1) is 35.3 Å². The topological polar surface area (TPSA) is 82.6 Å². The van der Waals surface area contributed by atoms with Crippen LogP contribution in [0.4, 0.5) is 0 Å². The fraction of sp³-hybridized carbons (Fsp3) is 0.421. The molecule has 2 aromatic rings. The molecule has 0 aliphatic carbocycles. The van der Waals surface area contributed by atoms with Gasteiger partial charge in [-0.25, -0.2) is 18.1 Å². The van der Waals surface area contributed by atoms with E-state index in [1.165, 1.54) is 16.8 Å². The van der Waals surface area contributed by atoms with E-state index >= 15 is 0 Å². The summed E-state index contributed by atoms with van der Waals surface area (Å²) in [6.07, 6.45) is 1.06. The van der Waals surface area contributed by atoms with Crippen LogP contribution in [0.25, 0.3) is 0 Å². The van der Waals surface area contributed by atoms with E-state index in [0.29, 0.717) is 6.54 Å². The zero-order chi connectivity index (χ0) is 19.7. The fourth-order valence-electron chi connectivity index (χ4n) is 2.42. The normalized spacial score (nSPS) is 11.8. The summed E-state index contributed by atoms with van der Waals surface area (Å²) in [5, 5.41) is 6.61. The molecule has 0 saturated carbocycles. The quantitative estimate of drug-likeness (QED) is 0.261. The molecule has 0 aliphatic rings. The highest BCUT2D eigenvalue weighted by Gasteiger charge is 2.08. The Balaban J connectivity index is 0.00000392. The van der Waals surface area contributed by atoms with E-state index in [2.05, 4.69) is 39.4 Å². The van der Waals surface area contributed by atoms with Crippen LogP contribution in [0, 0.1) is 0 Å². The van der Waals surface area contributed by atoms with E-state index < -0.39 is 10.0 Å². The number of guanidine groups is 1. The lowest BCUT2D eigenvalue weighted by atomic mass is 10.1. The molecule has 0 unspecified atom stereocenters. The second-order valence-electron chi connectivity index (χ2n) is 6.05. The molecule has 1 aromatic carbocycles. The number of nitrogens with zero attached hydrogens (tertiary/aromatic N) is 1. The van der Waals surface area contributed by atoms with Crippen molar-refractivity contribution >= 4 is 51.3 Å². The largest absolute Gasteiger partial charge is 0.357 e. The third-order valence-electron chi connectivity index (χ3n) is 3.95. The third-order valence-corrected chi connectivity index (χ3v) is 6.52. The Morgan fingerprint density at radius 2 is 1.64 bits per heavy atom. The van der Waals surface area contributed by atoms with Gasteiger partial charge in [0.1, 0.15) is 0 Å². The number of benzene rings is 1. The maximum absolute atomic E-state index is 11.6. The van der Waals surface area contributed by atoms with Gasteiger partial charge in [0, 0.05) is 16.3 Å². The molecule has 2 rings (SSSR count). The smallest absolute Gasteiger partial charge is 0.215 e. The van der Waals surface area contributed by atoms with Crippen LogP contribution in [-0.2, 0) is 35.3 Å². The summed E-state index contributed by atoms with van der Waals surface area (Å²) in [6, 6.07) is 11.8. The second-order valence-corrected chi connectivity index (χ2v) is 9.23. The van der Waals surface area contributed by atoms with Gasteiger partial charge in [-0.05, 0) is 43.7 Å². The van der Waals surface area contributed by atoms with E-state index in [-0.39, 0.29) is 29.7 Å². The minimum Gasteiger partial charge on any atom is -0.357 e. The van der Waals surface area contributed by atoms with Crippen LogP contribution in [0.15, 0.2) is 41.4 Å². The monoisotopic (exact) mass is 536 g/mol. The summed E-state index contributed by atoms with van der Waals surface area (Å²) < 4.78 is 25.5. The molecule has 28 heavy (non-hydrogen) atoms. The highest BCUT2D eigenvalue weighted by Crippen LogP contribution is 2.16. The summed E-state index contributed by atoms with van der Waals surface area (Å²) in [6.45, 7) is 6.26. The van der Waals surface area contributed by atoms with E-state index in [1.54, 1.807) is 0 Å². The van der Waals surface area contributed by atoms with Crippen LogP contribution < -0.4 is 15.4 Å². The lowest BCUT2D eigenvalue weighted by Crippen LogP contribution is -2.36. The zero-order valence-electron chi connectivity index (χ0n) is 16.5. The van der Waals surface area contributed by atoms with E-state index in [1.807, 2.05) is 42.5 Å². The molecule has 9 heteroatoms. The molecule has 0 aliphatic heterocycles. The lowest BCUT2D eigenvalue weighted by molar-refractivity contribution is 0.587. The maximum atomic E-state index is 11.6. The predicted molar refractivity (Wildman–Crippen MR) is 129 cm³/mol. The summed E-state index contributed by atoms with van der Waals surface area (Å²) in [5.74, 6) is 0.753. The molecule has 1 heterocycles. The number of aryl methyl sites for hydroxylation is 1. The predicted octanol–water partition coefficient (Wildman–Crippen LogP) is 3.23. The van der Waals surface area contributed by atoms with Gasteiger partial charge in [0.2, 0.25) is 10.0 Å². The first-order valence-electron chi connectivity index (χ1n) is 9.04. The van der Waals surface area contributed by atoms with Crippen LogP contribution in [0.1, 0.15) is 34.7 Å². The summed E-state index contributed by atoms with van der Waals surface area (Å²) in [7, 11) is -1.83. The molecular weight excluding hydrogens is 507 g/mol.